The summed E-state index contributed by atoms with van der Waals surface area (Å²) in [6.07, 6.45) is 0. The fraction of sp³-hybridized carbons (Fsp3) is 0.148. The summed E-state index contributed by atoms with van der Waals surface area (Å²) < 4.78 is 13.9. The number of amides is 1. The number of hydrogen-bond donors (Lipinski definition) is 1. The maximum Gasteiger partial charge on any atom is 0.296 e. The van der Waals surface area contributed by atoms with Crippen LogP contribution in [0, 0.1) is 6.92 Å². The monoisotopic (exact) mass is 466 g/mol. The number of benzene rings is 3. The van der Waals surface area contributed by atoms with Gasteiger partial charge in [0.1, 0.15) is 5.52 Å². The number of nitrogens with one attached hydrogen (secondary N) is 1. The average molecular weight is 466 g/mol. The number of carbonyl (C=O) groups is 1. The van der Waals surface area contributed by atoms with Gasteiger partial charge in [-0.2, -0.15) is 9.78 Å². The predicted molar refractivity (Wildman–Crippen MR) is 132 cm³/mol. The van der Waals surface area contributed by atoms with Crippen LogP contribution in [-0.2, 0) is 13.6 Å². The Morgan fingerprint density at radius 1 is 1.03 bits per heavy atom. The summed E-state index contributed by atoms with van der Waals surface area (Å²) in [5.74, 6) is 0.966. The molecule has 0 spiro atoms. The van der Waals surface area contributed by atoms with Gasteiger partial charge in [-0.1, -0.05) is 42.0 Å². The molecule has 35 heavy (non-hydrogen) atoms. The molecule has 0 fully saturated rings. The third kappa shape index (κ3) is 3.42. The molecule has 0 bridgehead atoms. The largest absolute Gasteiger partial charge is 0.454 e. The number of rotatable bonds is 4. The molecule has 0 radical (unpaired) electrons. The Morgan fingerprint density at radius 2 is 1.80 bits per heavy atom. The Balaban J connectivity index is 1.48. The molecule has 5 aromatic rings. The van der Waals surface area contributed by atoms with Crippen LogP contribution in [0.1, 0.15) is 21.6 Å². The van der Waals surface area contributed by atoms with Crippen molar-refractivity contribution in [2.75, 3.05) is 6.79 Å². The summed E-state index contributed by atoms with van der Waals surface area (Å²) in [5, 5.41) is 8.87. The van der Waals surface area contributed by atoms with Crippen molar-refractivity contribution in [2.24, 2.45) is 7.05 Å². The number of carbonyl (C=O) groups excluding carboxylic acids is 1. The van der Waals surface area contributed by atoms with E-state index in [1.165, 1.54) is 4.68 Å². The number of nitrogens with zero attached hydrogens (tertiary/aromatic N) is 3. The van der Waals surface area contributed by atoms with Crippen molar-refractivity contribution in [3.05, 3.63) is 93.9 Å². The number of hydrogen-bond acceptors (Lipinski definition) is 5. The number of ether oxygens (including phenoxy) is 2. The van der Waals surface area contributed by atoms with Gasteiger partial charge < -0.3 is 19.4 Å². The van der Waals surface area contributed by atoms with Gasteiger partial charge in [0.25, 0.3) is 11.5 Å². The molecule has 174 valence electrons. The maximum absolute atomic E-state index is 13.6. The van der Waals surface area contributed by atoms with Gasteiger partial charge in [0.15, 0.2) is 17.2 Å². The van der Waals surface area contributed by atoms with Crippen molar-refractivity contribution < 1.29 is 14.3 Å². The van der Waals surface area contributed by atoms with E-state index in [-0.39, 0.29) is 30.5 Å². The minimum absolute atomic E-state index is 0.189. The maximum atomic E-state index is 13.6. The SMILES string of the molecule is Cc1ccc(-n2nc(C(=O)NCc3ccc4c(c3)OCO4)c3c4ccccc4n(C)c3c2=O)cc1. The van der Waals surface area contributed by atoms with Crippen LogP contribution in [0.2, 0.25) is 0 Å². The van der Waals surface area contributed by atoms with Gasteiger partial charge in [0.05, 0.1) is 5.69 Å². The zero-order valence-corrected chi connectivity index (χ0v) is 19.2. The Hall–Kier alpha value is -4.59. The molecule has 1 aliphatic rings. The number of fused-ring (bicyclic) bond motifs is 4. The van der Waals surface area contributed by atoms with E-state index in [0.29, 0.717) is 28.1 Å². The zero-order valence-electron chi connectivity index (χ0n) is 19.2. The molecule has 8 heteroatoms. The lowest BCUT2D eigenvalue weighted by atomic mass is 10.1. The van der Waals surface area contributed by atoms with Crippen LogP contribution in [0.25, 0.3) is 27.5 Å². The van der Waals surface area contributed by atoms with Crippen molar-refractivity contribution in [3.63, 3.8) is 0 Å². The summed E-state index contributed by atoms with van der Waals surface area (Å²) in [6.45, 7) is 2.43. The van der Waals surface area contributed by atoms with E-state index in [0.717, 1.165) is 22.0 Å². The normalized spacial score (nSPS) is 12.4. The van der Waals surface area contributed by atoms with Crippen molar-refractivity contribution in [1.29, 1.82) is 0 Å². The molecular weight excluding hydrogens is 444 g/mol. The molecule has 3 aromatic carbocycles. The molecular formula is C27H22N4O4. The molecule has 2 aromatic heterocycles. The Kier molecular flexibility index (Phi) is 4.81. The minimum Gasteiger partial charge on any atom is -0.454 e. The number of para-hydroxylation sites is 1. The quantitative estimate of drug-likeness (QED) is 0.435. The number of aromatic nitrogens is 3. The molecule has 8 nitrogen and oxygen atoms in total. The van der Waals surface area contributed by atoms with Gasteiger partial charge in [-0.05, 0) is 42.8 Å². The lowest BCUT2D eigenvalue weighted by Gasteiger charge is -2.11. The van der Waals surface area contributed by atoms with Gasteiger partial charge in [0.2, 0.25) is 6.79 Å². The summed E-state index contributed by atoms with van der Waals surface area (Å²) in [4.78, 5) is 27.1. The van der Waals surface area contributed by atoms with Crippen LogP contribution in [0.4, 0.5) is 0 Å². The van der Waals surface area contributed by atoms with Gasteiger partial charge >= 0.3 is 0 Å². The highest BCUT2D eigenvalue weighted by molar-refractivity contribution is 6.16. The Bertz CT molecular complexity index is 1680. The lowest BCUT2D eigenvalue weighted by Crippen LogP contribution is -2.30. The smallest absolute Gasteiger partial charge is 0.296 e. The van der Waals surface area contributed by atoms with Crippen molar-refractivity contribution in [3.8, 4) is 17.2 Å². The van der Waals surface area contributed by atoms with Crippen molar-refractivity contribution in [1.82, 2.24) is 19.7 Å². The Morgan fingerprint density at radius 3 is 2.63 bits per heavy atom. The van der Waals surface area contributed by atoms with Crippen LogP contribution >= 0.6 is 0 Å². The average Bonchev–Trinajstić information content (AvgIpc) is 3.46. The van der Waals surface area contributed by atoms with E-state index in [1.54, 1.807) is 0 Å². The molecule has 0 unspecified atom stereocenters. The highest BCUT2D eigenvalue weighted by Gasteiger charge is 2.23. The third-order valence-electron chi connectivity index (χ3n) is 6.32. The van der Waals surface area contributed by atoms with Gasteiger partial charge in [0, 0.05) is 29.9 Å². The first-order valence-corrected chi connectivity index (χ1v) is 11.3. The summed E-state index contributed by atoms with van der Waals surface area (Å²) in [7, 11) is 1.83. The van der Waals surface area contributed by atoms with Crippen LogP contribution in [0.5, 0.6) is 11.5 Å². The highest BCUT2D eigenvalue weighted by atomic mass is 16.7. The summed E-state index contributed by atoms with van der Waals surface area (Å²) in [5.41, 5.74) is 3.71. The van der Waals surface area contributed by atoms with Crippen LogP contribution in [0.15, 0.2) is 71.5 Å². The molecule has 0 aliphatic carbocycles. The van der Waals surface area contributed by atoms with E-state index in [9.17, 15) is 9.59 Å². The summed E-state index contributed by atoms with van der Waals surface area (Å²) in [6, 6.07) is 20.7. The van der Waals surface area contributed by atoms with Crippen LogP contribution in [0.3, 0.4) is 0 Å². The second-order valence-corrected chi connectivity index (χ2v) is 8.57. The summed E-state index contributed by atoms with van der Waals surface area (Å²) >= 11 is 0. The molecule has 1 N–H and O–H groups in total. The molecule has 0 saturated carbocycles. The van der Waals surface area contributed by atoms with Crippen LogP contribution in [-0.4, -0.2) is 27.0 Å². The van der Waals surface area contributed by atoms with Crippen LogP contribution < -0.4 is 20.3 Å². The zero-order chi connectivity index (χ0) is 24.1. The molecule has 6 rings (SSSR count). The van der Waals surface area contributed by atoms with E-state index in [4.69, 9.17) is 9.47 Å². The first kappa shape index (κ1) is 21.0. The fourth-order valence-corrected chi connectivity index (χ4v) is 4.52. The molecule has 0 saturated heterocycles. The first-order valence-electron chi connectivity index (χ1n) is 11.3. The lowest BCUT2D eigenvalue weighted by molar-refractivity contribution is 0.0946. The van der Waals surface area contributed by atoms with Gasteiger partial charge in [-0.25, -0.2) is 0 Å². The van der Waals surface area contributed by atoms with Crippen molar-refractivity contribution in [2.45, 2.75) is 13.5 Å². The molecule has 0 atom stereocenters. The van der Waals surface area contributed by atoms with E-state index >= 15 is 0 Å². The second-order valence-electron chi connectivity index (χ2n) is 8.57. The highest BCUT2D eigenvalue weighted by Crippen LogP contribution is 2.32. The molecule has 3 heterocycles. The van der Waals surface area contributed by atoms with Crippen molar-refractivity contribution >= 4 is 27.7 Å². The van der Waals surface area contributed by atoms with E-state index < -0.39 is 0 Å². The van der Waals surface area contributed by atoms with Gasteiger partial charge in [-0.3, -0.25) is 9.59 Å². The Labute approximate surface area is 200 Å². The third-order valence-corrected chi connectivity index (χ3v) is 6.32. The first-order chi connectivity index (χ1) is 17.0. The van der Waals surface area contributed by atoms with E-state index in [2.05, 4.69) is 10.4 Å². The van der Waals surface area contributed by atoms with Gasteiger partial charge in [-0.15, -0.1) is 0 Å². The second kappa shape index (κ2) is 8.02. The number of aryl methyl sites for hydroxylation is 2. The standard InChI is InChI=1S/C27H22N4O4/c1-16-7-10-18(11-8-16)31-27(33)25-23(19-5-3-4-6-20(19)30(25)2)24(29-31)26(32)28-14-17-9-12-21-22(13-17)35-15-34-21/h3-13H,14-15H2,1-2H3,(H,28,32). The fourth-order valence-electron chi connectivity index (χ4n) is 4.52. The minimum atomic E-state index is -0.370. The molecule has 1 amide bonds. The topological polar surface area (TPSA) is 87.4 Å². The molecule has 1 aliphatic heterocycles. The predicted octanol–water partition coefficient (Wildman–Crippen LogP) is 3.84. The van der Waals surface area contributed by atoms with E-state index in [1.807, 2.05) is 85.3 Å².